The number of sulfonamides is 1. The van der Waals surface area contributed by atoms with Crippen molar-refractivity contribution in [2.24, 2.45) is 0 Å². The molecule has 0 bridgehead atoms. The van der Waals surface area contributed by atoms with Crippen LogP contribution < -0.4 is 10.0 Å². The zero-order chi connectivity index (χ0) is 19.3. The van der Waals surface area contributed by atoms with E-state index in [1.165, 1.54) is 0 Å². The van der Waals surface area contributed by atoms with Gasteiger partial charge < -0.3 is 10.1 Å². The van der Waals surface area contributed by atoms with Crippen molar-refractivity contribution >= 4 is 21.6 Å². The van der Waals surface area contributed by atoms with E-state index in [0.717, 1.165) is 25.0 Å². The predicted molar refractivity (Wildman–Crippen MR) is 105 cm³/mol. The van der Waals surface area contributed by atoms with Crippen LogP contribution in [0.2, 0.25) is 0 Å². The molecular formula is C20H24N2O4S. The van der Waals surface area contributed by atoms with E-state index in [9.17, 15) is 13.2 Å². The Morgan fingerprint density at radius 1 is 1.19 bits per heavy atom. The molecule has 7 heteroatoms. The molecule has 1 fully saturated rings. The van der Waals surface area contributed by atoms with Crippen LogP contribution >= 0.6 is 0 Å². The van der Waals surface area contributed by atoms with Crippen molar-refractivity contribution in [3.8, 4) is 0 Å². The highest BCUT2D eigenvalue weighted by atomic mass is 32.2. The van der Waals surface area contributed by atoms with E-state index in [-0.39, 0.29) is 23.5 Å². The van der Waals surface area contributed by atoms with Crippen molar-refractivity contribution < 1.29 is 17.9 Å². The smallest absolute Gasteiger partial charge is 0.253 e. The first-order valence-corrected chi connectivity index (χ1v) is 10.6. The third-order valence-electron chi connectivity index (χ3n) is 4.39. The molecule has 1 amide bonds. The molecule has 0 unspecified atom stereocenters. The summed E-state index contributed by atoms with van der Waals surface area (Å²) in [5, 5.41) is 2.83. The van der Waals surface area contributed by atoms with E-state index in [2.05, 4.69) is 10.0 Å². The van der Waals surface area contributed by atoms with E-state index >= 15 is 0 Å². The van der Waals surface area contributed by atoms with Crippen LogP contribution in [0, 0.1) is 6.92 Å². The number of hydrogen-bond donors (Lipinski definition) is 2. The van der Waals surface area contributed by atoms with E-state index in [1.54, 1.807) is 30.3 Å². The maximum atomic E-state index is 12.6. The van der Waals surface area contributed by atoms with Crippen LogP contribution in [-0.2, 0) is 20.5 Å². The number of benzene rings is 2. The molecular weight excluding hydrogens is 364 g/mol. The Labute approximate surface area is 160 Å². The van der Waals surface area contributed by atoms with Gasteiger partial charge in [0, 0.05) is 13.2 Å². The average molecular weight is 388 g/mol. The second-order valence-electron chi connectivity index (χ2n) is 6.74. The van der Waals surface area contributed by atoms with Crippen LogP contribution in [0.15, 0.2) is 48.5 Å². The lowest BCUT2D eigenvalue weighted by molar-refractivity contribution is 0.0858. The molecule has 2 N–H and O–H groups in total. The minimum absolute atomic E-state index is 0.0270. The van der Waals surface area contributed by atoms with E-state index in [0.29, 0.717) is 17.7 Å². The normalized spacial score (nSPS) is 16.9. The summed E-state index contributed by atoms with van der Waals surface area (Å²) in [7, 11) is -3.65. The molecule has 2 aromatic rings. The summed E-state index contributed by atoms with van der Waals surface area (Å²) in [5.74, 6) is -0.472. The molecule has 0 saturated carbocycles. The lowest BCUT2D eigenvalue weighted by Crippen LogP contribution is -2.32. The Morgan fingerprint density at radius 2 is 2.00 bits per heavy atom. The lowest BCUT2D eigenvalue weighted by atomic mass is 10.1. The highest BCUT2D eigenvalue weighted by Crippen LogP contribution is 2.19. The number of carbonyl (C=O) groups is 1. The van der Waals surface area contributed by atoms with Gasteiger partial charge in [-0.15, -0.1) is 0 Å². The largest absolute Gasteiger partial charge is 0.376 e. The van der Waals surface area contributed by atoms with Crippen molar-refractivity contribution in [1.82, 2.24) is 5.32 Å². The quantitative estimate of drug-likeness (QED) is 0.764. The summed E-state index contributed by atoms with van der Waals surface area (Å²) in [4.78, 5) is 12.5. The first-order valence-electron chi connectivity index (χ1n) is 8.98. The lowest BCUT2D eigenvalue weighted by Gasteiger charge is -2.14. The third kappa shape index (κ3) is 5.55. The molecule has 1 saturated heterocycles. The summed E-state index contributed by atoms with van der Waals surface area (Å²) in [5.41, 5.74) is 2.26. The van der Waals surface area contributed by atoms with Crippen molar-refractivity contribution in [3.05, 3.63) is 65.2 Å². The molecule has 27 heavy (non-hydrogen) atoms. The van der Waals surface area contributed by atoms with Gasteiger partial charge in [-0.1, -0.05) is 42.0 Å². The van der Waals surface area contributed by atoms with Crippen LogP contribution in [0.25, 0.3) is 0 Å². The summed E-state index contributed by atoms with van der Waals surface area (Å²) in [6, 6.07) is 13.9. The highest BCUT2D eigenvalue weighted by molar-refractivity contribution is 7.91. The van der Waals surface area contributed by atoms with Crippen LogP contribution in [0.3, 0.4) is 0 Å². The molecule has 1 atom stereocenters. The Hall–Kier alpha value is -2.38. The number of rotatable bonds is 7. The number of para-hydroxylation sites is 1. The molecule has 2 aromatic carbocycles. The van der Waals surface area contributed by atoms with Gasteiger partial charge in [-0.3, -0.25) is 9.52 Å². The van der Waals surface area contributed by atoms with Gasteiger partial charge in [0.15, 0.2) is 0 Å². The summed E-state index contributed by atoms with van der Waals surface area (Å²) >= 11 is 0. The molecule has 1 heterocycles. The number of hydrogen-bond acceptors (Lipinski definition) is 4. The van der Waals surface area contributed by atoms with Gasteiger partial charge in [0.1, 0.15) is 0 Å². The standard InChI is InChI=1S/C20H24N2O4S/c1-15-6-4-7-16(12-15)14-27(24,25)22-19-10-3-2-9-18(19)20(23)21-13-17-8-5-11-26-17/h2-4,6-7,9-10,12,17,22H,5,8,11,13-14H2,1H3,(H,21,23)/t17-/m1/s1. The molecule has 144 valence electrons. The minimum Gasteiger partial charge on any atom is -0.376 e. The van der Waals surface area contributed by atoms with Crippen molar-refractivity contribution in [1.29, 1.82) is 0 Å². The molecule has 3 rings (SSSR count). The maximum Gasteiger partial charge on any atom is 0.253 e. The number of nitrogens with one attached hydrogen (secondary N) is 2. The number of ether oxygens (including phenoxy) is 1. The van der Waals surface area contributed by atoms with Crippen molar-refractivity contribution in [2.45, 2.75) is 31.6 Å². The van der Waals surface area contributed by atoms with Crippen LogP contribution in [-0.4, -0.2) is 33.6 Å². The predicted octanol–water partition coefficient (Wildman–Crippen LogP) is 2.85. The molecule has 1 aliphatic rings. The van der Waals surface area contributed by atoms with Crippen molar-refractivity contribution in [3.63, 3.8) is 0 Å². The van der Waals surface area contributed by atoms with Gasteiger partial charge in [0.05, 0.1) is 23.1 Å². The number of anilines is 1. The van der Waals surface area contributed by atoms with Crippen molar-refractivity contribution in [2.75, 3.05) is 17.9 Å². The maximum absolute atomic E-state index is 12.6. The molecule has 0 aliphatic carbocycles. The zero-order valence-electron chi connectivity index (χ0n) is 15.3. The summed E-state index contributed by atoms with van der Waals surface area (Å²) < 4.78 is 33.2. The van der Waals surface area contributed by atoms with Gasteiger partial charge in [-0.2, -0.15) is 0 Å². The van der Waals surface area contributed by atoms with E-state index in [4.69, 9.17) is 4.74 Å². The topological polar surface area (TPSA) is 84.5 Å². The molecule has 0 aromatic heterocycles. The third-order valence-corrected chi connectivity index (χ3v) is 5.63. The Bertz CT molecular complexity index is 906. The highest BCUT2D eigenvalue weighted by Gasteiger charge is 2.20. The van der Waals surface area contributed by atoms with Gasteiger partial charge in [-0.05, 0) is 37.5 Å². The first-order chi connectivity index (χ1) is 12.9. The fraction of sp³-hybridized carbons (Fsp3) is 0.350. The Balaban J connectivity index is 1.69. The van der Waals surface area contributed by atoms with Crippen LogP contribution in [0.4, 0.5) is 5.69 Å². The van der Waals surface area contributed by atoms with Gasteiger partial charge >= 0.3 is 0 Å². The fourth-order valence-electron chi connectivity index (χ4n) is 3.10. The average Bonchev–Trinajstić information content (AvgIpc) is 3.13. The number of amides is 1. The molecule has 6 nitrogen and oxygen atoms in total. The molecule has 0 radical (unpaired) electrons. The second kappa shape index (κ2) is 8.54. The Kier molecular flexibility index (Phi) is 6.13. The Morgan fingerprint density at radius 3 is 2.74 bits per heavy atom. The van der Waals surface area contributed by atoms with E-state index < -0.39 is 10.0 Å². The van der Waals surface area contributed by atoms with Gasteiger partial charge in [0.2, 0.25) is 10.0 Å². The zero-order valence-corrected chi connectivity index (χ0v) is 16.1. The molecule has 1 aliphatic heterocycles. The monoisotopic (exact) mass is 388 g/mol. The SMILES string of the molecule is Cc1cccc(CS(=O)(=O)Nc2ccccc2C(=O)NC[C@H]2CCCO2)c1. The first kappa shape index (κ1) is 19.4. The number of carbonyl (C=O) groups excluding carboxylic acids is 1. The molecule has 0 spiro atoms. The fourth-order valence-corrected chi connectivity index (χ4v) is 4.31. The number of aryl methyl sites for hydroxylation is 1. The van der Waals surface area contributed by atoms with Gasteiger partial charge in [0.25, 0.3) is 5.91 Å². The second-order valence-corrected chi connectivity index (χ2v) is 8.46. The summed E-state index contributed by atoms with van der Waals surface area (Å²) in [6.45, 7) is 3.05. The van der Waals surface area contributed by atoms with Gasteiger partial charge in [-0.25, -0.2) is 8.42 Å². The summed E-state index contributed by atoms with van der Waals surface area (Å²) in [6.07, 6.45) is 1.94. The minimum atomic E-state index is -3.65. The van der Waals surface area contributed by atoms with Crippen LogP contribution in [0.5, 0.6) is 0 Å². The van der Waals surface area contributed by atoms with Crippen LogP contribution in [0.1, 0.15) is 34.3 Å². The van der Waals surface area contributed by atoms with E-state index in [1.807, 2.05) is 25.1 Å².